The molecule has 1 aromatic carbocycles. The summed E-state index contributed by atoms with van der Waals surface area (Å²) >= 11 is 12.0. The van der Waals surface area contributed by atoms with Crippen molar-refractivity contribution in [2.75, 3.05) is 0 Å². The van der Waals surface area contributed by atoms with Crippen LogP contribution in [0.15, 0.2) is 12.1 Å². The Bertz CT molecular complexity index is 637. The van der Waals surface area contributed by atoms with Crippen LogP contribution >= 0.6 is 23.2 Å². The fourth-order valence-electron chi connectivity index (χ4n) is 1.97. The minimum Gasteiger partial charge on any atom is -0.488 e. The first-order valence-electron chi connectivity index (χ1n) is 8.39. The van der Waals surface area contributed by atoms with Crippen molar-refractivity contribution in [2.24, 2.45) is 0 Å². The van der Waals surface area contributed by atoms with Gasteiger partial charge in [0.15, 0.2) is 0 Å². The van der Waals surface area contributed by atoms with Gasteiger partial charge in [0.05, 0.1) is 5.60 Å². The average Bonchev–Trinajstić information content (AvgIpc) is 2.74. The first-order chi connectivity index (χ1) is 11.7. The molecular formula is C20H31Cl2NO4. The summed E-state index contributed by atoms with van der Waals surface area (Å²) in [4.78, 5) is 27.2. The van der Waals surface area contributed by atoms with Crippen LogP contribution in [0.4, 0.5) is 0 Å². The largest absolute Gasteiger partial charge is 0.488 e. The van der Waals surface area contributed by atoms with E-state index in [2.05, 4.69) is 0 Å². The predicted molar refractivity (Wildman–Crippen MR) is 110 cm³/mol. The number of carbonyl (C=O) groups is 2. The van der Waals surface area contributed by atoms with E-state index in [1.54, 1.807) is 32.9 Å². The molecule has 1 aliphatic rings. The van der Waals surface area contributed by atoms with E-state index in [9.17, 15) is 9.59 Å². The standard InChI is InChI=1S/C11H14Cl2O.C8H13NO3.CH4/c1-7-9(12)5-8(6-10(7)13)14-11(2,3)4;1-8(2,3)12-9-6(10)4-5-7(9)11;/h5-6H,1-4H3;4-5H2,1-3H3;1H4. The molecule has 1 fully saturated rings. The smallest absolute Gasteiger partial charge is 0.254 e. The molecule has 1 aliphatic heterocycles. The minimum absolute atomic E-state index is 0. The predicted octanol–water partition coefficient (Wildman–Crippen LogP) is 5.98. The van der Waals surface area contributed by atoms with E-state index in [0.29, 0.717) is 15.8 Å². The molecule has 27 heavy (non-hydrogen) atoms. The van der Waals surface area contributed by atoms with E-state index >= 15 is 0 Å². The lowest BCUT2D eigenvalue weighted by atomic mass is 10.2. The van der Waals surface area contributed by atoms with Gasteiger partial charge in [-0.25, -0.2) is 0 Å². The summed E-state index contributed by atoms with van der Waals surface area (Å²) in [6, 6.07) is 3.57. The average molecular weight is 420 g/mol. The Hall–Kier alpha value is -1.30. The van der Waals surface area contributed by atoms with Crippen LogP contribution in [0.2, 0.25) is 10.0 Å². The number of imide groups is 1. The summed E-state index contributed by atoms with van der Waals surface area (Å²) in [6.45, 7) is 13.2. The second-order valence-electron chi connectivity index (χ2n) is 8.01. The topological polar surface area (TPSA) is 55.8 Å². The van der Waals surface area contributed by atoms with Crippen molar-refractivity contribution in [1.82, 2.24) is 5.06 Å². The molecule has 0 unspecified atom stereocenters. The zero-order chi connectivity index (χ0) is 20.3. The Morgan fingerprint density at radius 3 is 1.63 bits per heavy atom. The van der Waals surface area contributed by atoms with Crippen LogP contribution in [0.1, 0.15) is 67.4 Å². The highest BCUT2D eigenvalue weighted by Crippen LogP contribution is 2.31. The summed E-state index contributed by atoms with van der Waals surface area (Å²) in [7, 11) is 0. The number of halogens is 2. The number of carbonyl (C=O) groups excluding carboxylic acids is 2. The van der Waals surface area contributed by atoms with Gasteiger partial charge in [-0.3, -0.25) is 14.4 Å². The fraction of sp³-hybridized carbons (Fsp3) is 0.600. The molecule has 0 spiro atoms. The van der Waals surface area contributed by atoms with Crippen LogP contribution in [0, 0.1) is 6.92 Å². The normalized spacial score (nSPS) is 14.5. The lowest BCUT2D eigenvalue weighted by molar-refractivity contribution is -0.218. The van der Waals surface area contributed by atoms with E-state index in [-0.39, 0.29) is 37.7 Å². The highest BCUT2D eigenvalue weighted by molar-refractivity contribution is 6.36. The first kappa shape index (κ1) is 25.7. The Kier molecular flexibility index (Phi) is 9.29. The van der Waals surface area contributed by atoms with Crippen molar-refractivity contribution >= 4 is 35.0 Å². The van der Waals surface area contributed by atoms with Gasteiger partial charge in [0.2, 0.25) is 0 Å². The van der Waals surface area contributed by atoms with Gasteiger partial charge >= 0.3 is 0 Å². The van der Waals surface area contributed by atoms with Crippen molar-refractivity contribution in [3.63, 3.8) is 0 Å². The third kappa shape index (κ3) is 8.96. The second kappa shape index (κ2) is 9.76. The Morgan fingerprint density at radius 1 is 0.889 bits per heavy atom. The van der Waals surface area contributed by atoms with E-state index in [1.165, 1.54) is 0 Å². The van der Waals surface area contributed by atoms with Crippen LogP contribution in [0.3, 0.4) is 0 Å². The van der Waals surface area contributed by atoms with Gasteiger partial charge in [0.25, 0.3) is 11.8 Å². The lowest BCUT2D eigenvalue weighted by Crippen LogP contribution is -2.37. The van der Waals surface area contributed by atoms with Gasteiger partial charge in [0, 0.05) is 22.9 Å². The van der Waals surface area contributed by atoms with Crippen LogP contribution in [-0.2, 0) is 14.4 Å². The summed E-state index contributed by atoms with van der Waals surface area (Å²) < 4.78 is 5.65. The second-order valence-corrected chi connectivity index (χ2v) is 8.83. The molecule has 7 heteroatoms. The molecule has 2 amide bonds. The maximum Gasteiger partial charge on any atom is 0.254 e. The molecular weight excluding hydrogens is 389 g/mol. The van der Waals surface area contributed by atoms with Gasteiger partial charge in [-0.15, -0.1) is 0 Å². The molecule has 0 saturated carbocycles. The van der Waals surface area contributed by atoms with Crippen LogP contribution in [0.5, 0.6) is 5.75 Å². The number of nitrogens with zero attached hydrogens (tertiary/aromatic N) is 1. The molecule has 2 rings (SSSR count). The molecule has 1 aromatic rings. The number of hydroxylamine groups is 2. The zero-order valence-corrected chi connectivity index (χ0v) is 17.9. The summed E-state index contributed by atoms with van der Waals surface area (Å²) in [5, 5.41) is 2.15. The van der Waals surface area contributed by atoms with E-state index in [1.807, 2.05) is 27.7 Å². The molecule has 0 atom stereocenters. The highest BCUT2D eigenvalue weighted by atomic mass is 35.5. The maximum atomic E-state index is 11.0. The quantitative estimate of drug-likeness (QED) is 0.553. The van der Waals surface area contributed by atoms with E-state index in [0.717, 1.165) is 10.6 Å². The van der Waals surface area contributed by atoms with Crippen LogP contribution in [-0.4, -0.2) is 28.1 Å². The van der Waals surface area contributed by atoms with E-state index < -0.39 is 5.60 Å². The van der Waals surface area contributed by atoms with Crippen molar-refractivity contribution in [2.45, 2.75) is 79.9 Å². The first-order valence-corrected chi connectivity index (χ1v) is 9.15. The van der Waals surface area contributed by atoms with Crippen molar-refractivity contribution in [1.29, 1.82) is 0 Å². The highest BCUT2D eigenvalue weighted by Gasteiger charge is 2.33. The van der Waals surface area contributed by atoms with Crippen molar-refractivity contribution < 1.29 is 19.2 Å². The van der Waals surface area contributed by atoms with Gasteiger partial charge in [-0.1, -0.05) is 30.6 Å². The molecule has 1 saturated heterocycles. The summed E-state index contributed by atoms with van der Waals surface area (Å²) in [5.41, 5.74) is 0.159. The molecule has 0 aliphatic carbocycles. The third-order valence-electron chi connectivity index (χ3n) is 3.05. The minimum atomic E-state index is -0.490. The van der Waals surface area contributed by atoms with E-state index in [4.69, 9.17) is 32.8 Å². The van der Waals surface area contributed by atoms with Crippen molar-refractivity contribution in [3.05, 3.63) is 27.7 Å². The maximum absolute atomic E-state index is 11.0. The number of rotatable bonds is 2. The molecule has 0 bridgehead atoms. The van der Waals surface area contributed by atoms with Crippen LogP contribution < -0.4 is 4.74 Å². The number of hydrogen-bond donors (Lipinski definition) is 0. The molecule has 0 radical (unpaired) electrons. The summed E-state index contributed by atoms with van der Waals surface area (Å²) in [6.07, 6.45) is 0.545. The molecule has 1 heterocycles. The number of amides is 2. The zero-order valence-electron chi connectivity index (χ0n) is 16.4. The SMILES string of the molecule is C.CC(C)(C)ON1C(=O)CCC1=O.Cc1c(Cl)cc(OC(C)(C)C)cc1Cl. The van der Waals surface area contributed by atoms with Gasteiger partial charge in [-0.05, 0) is 66.2 Å². The molecule has 5 nitrogen and oxygen atoms in total. The molecule has 154 valence electrons. The Labute approximate surface area is 172 Å². The monoisotopic (exact) mass is 419 g/mol. The van der Waals surface area contributed by atoms with Gasteiger partial charge in [0.1, 0.15) is 11.4 Å². The van der Waals surface area contributed by atoms with Crippen LogP contribution in [0.25, 0.3) is 0 Å². The van der Waals surface area contributed by atoms with Gasteiger partial charge in [-0.2, -0.15) is 5.06 Å². The fourth-order valence-corrected chi connectivity index (χ4v) is 2.43. The third-order valence-corrected chi connectivity index (χ3v) is 3.83. The number of hydrogen-bond acceptors (Lipinski definition) is 4. The van der Waals surface area contributed by atoms with Crippen molar-refractivity contribution in [3.8, 4) is 5.75 Å². The number of benzene rings is 1. The Balaban J connectivity index is 0.000000488. The van der Waals surface area contributed by atoms with Gasteiger partial charge < -0.3 is 4.74 Å². The Morgan fingerprint density at radius 2 is 1.30 bits per heavy atom. The lowest BCUT2D eigenvalue weighted by Gasteiger charge is -2.24. The molecule has 0 N–H and O–H groups in total. The molecule has 0 aromatic heterocycles. The summed E-state index contributed by atoms with van der Waals surface area (Å²) in [5.74, 6) is 0.225. The number of ether oxygens (including phenoxy) is 1.